The predicted molar refractivity (Wildman–Crippen MR) is 101 cm³/mol. The number of carbonyl (C=O) groups excluding carboxylic acids is 2. The van der Waals surface area contributed by atoms with Crippen molar-refractivity contribution in [3.63, 3.8) is 0 Å². The van der Waals surface area contributed by atoms with Gasteiger partial charge in [0, 0.05) is 18.3 Å². The molecule has 1 fully saturated rings. The van der Waals surface area contributed by atoms with E-state index in [1.165, 1.54) is 0 Å². The van der Waals surface area contributed by atoms with Crippen molar-refractivity contribution in [2.75, 3.05) is 19.0 Å². The summed E-state index contributed by atoms with van der Waals surface area (Å²) in [6.07, 6.45) is 1.55. The minimum atomic E-state index is -0.558. The molecule has 7 nitrogen and oxygen atoms in total. The van der Waals surface area contributed by atoms with Crippen LogP contribution in [0.25, 0.3) is 0 Å². The van der Waals surface area contributed by atoms with Gasteiger partial charge in [-0.1, -0.05) is 6.07 Å². The molecule has 26 heavy (non-hydrogen) atoms. The van der Waals surface area contributed by atoms with Crippen molar-refractivity contribution >= 4 is 17.8 Å². The molecule has 0 radical (unpaired) electrons. The minimum absolute atomic E-state index is 0.304. The van der Waals surface area contributed by atoms with E-state index in [2.05, 4.69) is 16.0 Å². The third-order valence-corrected chi connectivity index (χ3v) is 4.20. The Labute approximate surface area is 154 Å². The van der Waals surface area contributed by atoms with Crippen molar-refractivity contribution in [2.24, 2.45) is 5.92 Å². The first-order chi connectivity index (χ1) is 12.1. The van der Waals surface area contributed by atoms with Crippen LogP contribution in [0.5, 0.6) is 5.75 Å². The second kappa shape index (κ2) is 7.85. The zero-order valence-electron chi connectivity index (χ0n) is 16.1. The van der Waals surface area contributed by atoms with Crippen LogP contribution in [0.15, 0.2) is 24.3 Å². The first-order valence-electron chi connectivity index (χ1n) is 8.81. The van der Waals surface area contributed by atoms with Crippen LogP contribution in [0.3, 0.4) is 0 Å². The van der Waals surface area contributed by atoms with Crippen LogP contribution in [0.2, 0.25) is 0 Å². The topological polar surface area (TPSA) is 88.7 Å². The van der Waals surface area contributed by atoms with Crippen LogP contribution in [-0.2, 0) is 4.74 Å². The number of benzene rings is 1. The van der Waals surface area contributed by atoms with Gasteiger partial charge in [-0.05, 0) is 58.6 Å². The molecule has 0 heterocycles. The molecule has 0 aromatic heterocycles. The Morgan fingerprint density at radius 2 is 1.88 bits per heavy atom. The van der Waals surface area contributed by atoms with Gasteiger partial charge in [0.2, 0.25) is 0 Å². The summed E-state index contributed by atoms with van der Waals surface area (Å²) in [7, 11) is 1.58. The summed E-state index contributed by atoms with van der Waals surface area (Å²) in [4.78, 5) is 24.3. The fraction of sp³-hybridized carbons (Fsp3) is 0.579. The maximum atomic E-state index is 12.4. The summed E-state index contributed by atoms with van der Waals surface area (Å²) in [5, 5.41) is 8.57. The van der Waals surface area contributed by atoms with Crippen LogP contribution in [0, 0.1) is 5.92 Å². The summed E-state index contributed by atoms with van der Waals surface area (Å²) in [5.41, 5.74) is -0.461. The highest BCUT2D eigenvalue weighted by Gasteiger charge is 2.43. The highest BCUT2D eigenvalue weighted by Crippen LogP contribution is 2.39. The van der Waals surface area contributed by atoms with E-state index in [4.69, 9.17) is 9.47 Å². The number of amides is 3. The van der Waals surface area contributed by atoms with E-state index in [9.17, 15) is 9.59 Å². The molecule has 3 N–H and O–H groups in total. The van der Waals surface area contributed by atoms with Gasteiger partial charge in [0.1, 0.15) is 11.4 Å². The number of methoxy groups -OCH3 is 1. The highest BCUT2D eigenvalue weighted by molar-refractivity contribution is 5.90. The molecule has 1 aliphatic carbocycles. The Balaban J connectivity index is 1.93. The molecule has 1 aromatic rings. The molecule has 144 valence electrons. The molecule has 1 atom stereocenters. The smallest absolute Gasteiger partial charge is 0.407 e. The third-order valence-electron chi connectivity index (χ3n) is 4.20. The number of hydrogen-bond acceptors (Lipinski definition) is 4. The van der Waals surface area contributed by atoms with Crippen LogP contribution in [0.1, 0.15) is 40.5 Å². The van der Waals surface area contributed by atoms with Crippen molar-refractivity contribution in [3.8, 4) is 5.75 Å². The van der Waals surface area contributed by atoms with Crippen LogP contribution >= 0.6 is 0 Å². The fourth-order valence-electron chi connectivity index (χ4n) is 2.70. The number of nitrogens with one attached hydrogen (secondary N) is 3. The van der Waals surface area contributed by atoms with Crippen LogP contribution < -0.4 is 20.7 Å². The van der Waals surface area contributed by atoms with Crippen molar-refractivity contribution in [1.29, 1.82) is 0 Å². The zero-order chi connectivity index (χ0) is 19.4. The Hall–Kier alpha value is -2.44. The maximum Gasteiger partial charge on any atom is 0.407 e. The molecular weight excluding hydrogens is 334 g/mol. The lowest BCUT2D eigenvalue weighted by Gasteiger charge is -2.32. The summed E-state index contributed by atoms with van der Waals surface area (Å²) in [5.74, 6) is 0.993. The van der Waals surface area contributed by atoms with E-state index in [0.29, 0.717) is 23.9 Å². The van der Waals surface area contributed by atoms with Gasteiger partial charge >= 0.3 is 12.1 Å². The molecule has 1 aromatic carbocycles. The monoisotopic (exact) mass is 363 g/mol. The minimum Gasteiger partial charge on any atom is -0.497 e. The molecule has 0 aliphatic heterocycles. The predicted octanol–water partition coefficient (Wildman–Crippen LogP) is 3.51. The third kappa shape index (κ3) is 6.13. The Morgan fingerprint density at radius 3 is 2.46 bits per heavy atom. The molecule has 2 rings (SSSR count). The Bertz CT molecular complexity index is 652. The second-order valence-corrected chi connectivity index (χ2v) is 7.86. The normalized spacial score (nSPS) is 16.2. The summed E-state index contributed by atoms with van der Waals surface area (Å²) in [6.45, 7) is 7.68. The lowest BCUT2D eigenvalue weighted by molar-refractivity contribution is 0.0509. The van der Waals surface area contributed by atoms with Gasteiger partial charge in [0.15, 0.2) is 0 Å². The molecule has 0 spiro atoms. The van der Waals surface area contributed by atoms with Gasteiger partial charge in [-0.2, -0.15) is 0 Å². The largest absolute Gasteiger partial charge is 0.497 e. The Morgan fingerprint density at radius 1 is 1.19 bits per heavy atom. The van der Waals surface area contributed by atoms with E-state index in [1.54, 1.807) is 25.3 Å². The van der Waals surface area contributed by atoms with Crippen molar-refractivity contribution < 1.29 is 19.1 Å². The molecule has 1 unspecified atom stereocenters. The Kier molecular flexibility index (Phi) is 6.00. The SMILES string of the molecule is COc1cccc(NC(=O)NC(C)(CNC(=O)OC(C)(C)C)C2CC2)c1. The van der Waals surface area contributed by atoms with Crippen molar-refractivity contribution in [1.82, 2.24) is 10.6 Å². The first kappa shape index (κ1) is 19.9. The highest BCUT2D eigenvalue weighted by atomic mass is 16.6. The van der Waals surface area contributed by atoms with E-state index < -0.39 is 17.2 Å². The number of alkyl carbamates (subject to hydrolysis) is 1. The number of ether oxygens (including phenoxy) is 2. The van der Waals surface area contributed by atoms with Gasteiger partial charge in [0.05, 0.1) is 12.6 Å². The molecule has 7 heteroatoms. The molecule has 1 saturated carbocycles. The number of urea groups is 1. The standard InChI is InChI=1S/C19H29N3O4/c1-18(2,3)26-17(24)20-12-19(4,13-9-10-13)22-16(23)21-14-7-6-8-15(11-14)25-5/h6-8,11,13H,9-10,12H2,1-5H3,(H,20,24)(H2,21,22,23). The van der Waals surface area contributed by atoms with Crippen LogP contribution in [0.4, 0.5) is 15.3 Å². The van der Waals surface area contributed by atoms with E-state index in [0.717, 1.165) is 12.8 Å². The molecule has 0 saturated heterocycles. The molecule has 3 amide bonds. The average molecular weight is 363 g/mol. The second-order valence-electron chi connectivity index (χ2n) is 7.86. The number of carbonyl (C=O) groups is 2. The summed E-state index contributed by atoms with van der Waals surface area (Å²) >= 11 is 0. The molecule has 0 bridgehead atoms. The van der Waals surface area contributed by atoms with Crippen molar-refractivity contribution in [2.45, 2.75) is 51.7 Å². The van der Waals surface area contributed by atoms with E-state index in [-0.39, 0.29) is 6.03 Å². The van der Waals surface area contributed by atoms with Crippen LogP contribution in [-0.4, -0.2) is 36.9 Å². The lowest BCUT2D eigenvalue weighted by Crippen LogP contribution is -2.56. The summed E-state index contributed by atoms with van der Waals surface area (Å²) < 4.78 is 10.4. The van der Waals surface area contributed by atoms with Gasteiger partial charge in [-0.3, -0.25) is 0 Å². The lowest BCUT2D eigenvalue weighted by atomic mass is 9.96. The van der Waals surface area contributed by atoms with E-state index >= 15 is 0 Å². The average Bonchev–Trinajstić information content (AvgIpc) is 3.37. The first-order valence-corrected chi connectivity index (χ1v) is 8.81. The zero-order valence-corrected chi connectivity index (χ0v) is 16.1. The van der Waals surface area contributed by atoms with Gasteiger partial charge in [-0.15, -0.1) is 0 Å². The number of anilines is 1. The van der Waals surface area contributed by atoms with Gasteiger partial charge < -0.3 is 25.4 Å². The quantitative estimate of drug-likeness (QED) is 0.721. The maximum absolute atomic E-state index is 12.4. The van der Waals surface area contributed by atoms with Crippen molar-refractivity contribution in [3.05, 3.63) is 24.3 Å². The van der Waals surface area contributed by atoms with Gasteiger partial charge in [-0.25, -0.2) is 9.59 Å². The van der Waals surface area contributed by atoms with E-state index in [1.807, 2.05) is 33.8 Å². The summed E-state index contributed by atoms with van der Waals surface area (Å²) in [6, 6.07) is 6.82. The molecule has 1 aliphatic rings. The fourth-order valence-corrected chi connectivity index (χ4v) is 2.70. The molecular formula is C19H29N3O4. The van der Waals surface area contributed by atoms with Gasteiger partial charge in [0.25, 0.3) is 0 Å². The number of rotatable bonds is 6. The number of hydrogen-bond donors (Lipinski definition) is 3.